The second-order valence-corrected chi connectivity index (χ2v) is 8.12. The highest BCUT2D eigenvalue weighted by Gasteiger charge is 2.37. The van der Waals surface area contributed by atoms with E-state index in [9.17, 15) is 24.0 Å². The Hall–Kier alpha value is -3.05. The van der Waals surface area contributed by atoms with Gasteiger partial charge in [0.1, 0.15) is 23.7 Å². The third kappa shape index (κ3) is 8.69. The van der Waals surface area contributed by atoms with Gasteiger partial charge in [-0.15, -0.1) is 0 Å². The first-order valence-corrected chi connectivity index (χ1v) is 10.2. The minimum absolute atomic E-state index is 0.147. The summed E-state index contributed by atoms with van der Waals surface area (Å²) >= 11 is 0. The molecule has 12 heteroatoms. The average Bonchev–Trinajstić information content (AvgIpc) is 3.13. The number of ether oxygens (including phenoxy) is 2. The van der Waals surface area contributed by atoms with Gasteiger partial charge in [-0.25, -0.2) is 15.0 Å². The van der Waals surface area contributed by atoms with Crippen LogP contribution in [0.5, 0.6) is 0 Å². The molecule has 0 aliphatic carbocycles. The number of amides is 5. The monoisotopic (exact) mass is 443 g/mol. The molecular weight excluding hydrogens is 410 g/mol. The van der Waals surface area contributed by atoms with Crippen LogP contribution in [0, 0.1) is 0 Å². The first kappa shape index (κ1) is 26.0. The summed E-state index contributed by atoms with van der Waals surface area (Å²) in [7, 11) is 0. The van der Waals surface area contributed by atoms with Crippen LogP contribution in [0.3, 0.4) is 0 Å². The first-order valence-electron chi connectivity index (χ1n) is 10.2. The fraction of sp³-hybridized carbons (Fsp3) is 0.737. The van der Waals surface area contributed by atoms with Gasteiger partial charge in [-0.1, -0.05) is 0 Å². The van der Waals surface area contributed by atoms with Crippen molar-refractivity contribution in [1.29, 1.82) is 0 Å². The number of likely N-dealkylation sites (tertiary alicyclic amines) is 1. The van der Waals surface area contributed by atoms with E-state index in [1.54, 1.807) is 27.7 Å². The number of nitrogens with zero attached hydrogens (tertiary/aromatic N) is 1. The zero-order chi connectivity index (χ0) is 23.8. The van der Waals surface area contributed by atoms with Gasteiger partial charge in [-0.3, -0.25) is 19.8 Å². The van der Waals surface area contributed by atoms with Crippen molar-refractivity contribution in [2.45, 2.75) is 78.1 Å². The van der Waals surface area contributed by atoms with E-state index in [1.165, 1.54) is 18.7 Å². The minimum atomic E-state index is -0.934. The van der Waals surface area contributed by atoms with Gasteiger partial charge in [-0.05, 0) is 54.4 Å². The highest BCUT2D eigenvalue weighted by atomic mass is 16.6. The van der Waals surface area contributed by atoms with Crippen LogP contribution in [-0.4, -0.2) is 71.7 Å². The largest absolute Gasteiger partial charge is 0.449 e. The number of carbonyl (C=O) groups is 5. The number of hydrazine groups is 1. The molecule has 0 aromatic heterocycles. The lowest BCUT2D eigenvalue weighted by Gasteiger charge is -2.28. The second kappa shape index (κ2) is 11.4. The van der Waals surface area contributed by atoms with Crippen LogP contribution < -0.4 is 21.5 Å². The zero-order valence-corrected chi connectivity index (χ0v) is 18.9. The normalized spacial score (nSPS) is 17.7. The fourth-order valence-electron chi connectivity index (χ4n) is 2.86. The Morgan fingerprint density at radius 1 is 1.00 bits per heavy atom. The first-order chi connectivity index (χ1) is 14.4. The molecule has 1 rings (SSSR count). The van der Waals surface area contributed by atoms with Crippen LogP contribution in [0.4, 0.5) is 9.59 Å². The summed E-state index contributed by atoms with van der Waals surface area (Å²) in [6.07, 6.45) is -0.543. The SMILES string of the molecule is CCOC(=O)NNC(=O)[C@@H]1CCCN1C(=O)[C@H](C)NC(=O)[C@H](C)NC(=O)OC(C)(C)C. The molecule has 3 atom stereocenters. The Bertz CT molecular complexity index is 692. The van der Waals surface area contributed by atoms with Gasteiger partial charge in [-0.2, -0.15) is 0 Å². The van der Waals surface area contributed by atoms with Crippen molar-refractivity contribution in [1.82, 2.24) is 26.4 Å². The van der Waals surface area contributed by atoms with E-state index in [1.807, 2.05) is 0 Å². The van der Waals surface area contributed by atoms with Gasteiger partial charge < -0.3 is 25.0 Å². The van der Waals surface area contributed by atoms with Crippen molar-refractivity contribution in [3.63, 3.8) is 0 Å². The summed E-state index contributed by atoms with van der Waals surface area (Å²) in [5, 5.41) is 4.93. The van der Waals surface area contributed by atoms with E-state index in [4.69, 9.17) is 4.74 Å². The summed E-state index contributed by atoms with van der Waals surface area (Å²) in [6.45, 7) is 10.2. The number of alkyl carbamates (subject to hydrolysis) is 1. The zero-order valence-electron chi connectivity index (χ0n) is 18.9. The molecule has 1 saturated heterocycles. The molecule has 12 nitrogen and oxygen atoms in total. The Labute approximate surface area is 181 Å². The molecule has 1 heterocycles. The molecule has 0 bridgehead atoms. The lowest BCUT2D eigenvalue weighted by molar-refractivity contribution is -0.141. The van der Waals surface area contributed by atoms with Crippen LogP contribution in [0.1, 0.15) is 54.4 Å². The Morgan fingerprint density at radius 3 is 2.23 bits per heavy atom. The van der Waals surface area contributed by atoms with Crippen molar-refractivity contribution in [2.75, 3.05) is 13.2 Å². The fourth-order valence-corrected chi connectivity index (χ4v) is 2.86. The van der Waals surface area contributed by atoms with Crippen LogP contribution in [0.15, 0.2) is 0 Å². The van der Waals surface area contributed by atoms with Crippen LogP contribution >= 0.6 is 0 Å². The molecule has 4 N–H and O–H groups in total. The van der Waals surface area contributed by atoms with Crippen LogP contribution in [-0.2, 0) is 23.9 Å². The smallest absolute Gasteiger partial charge is 0.426 e. The summed E-state index contributed by atoms with van der Waals surface area (Å²) in [5.74, 6) is -1.58. The average molecular weight is 444 g/mol. The van der Waals surface area contributed by atoms with E-state index in [0.29, 0.717) is 19.4 Å². The van der Waals surface area contributed by atoms with E-state index in [2.05, 4.69) is 26.2 Å². The summed E-state index contributed by atoms with van der Waals surface area (Å²) in [5.41, 5.74) is 3.62. The minimum Gasteiger partial charge on any atom is -0.449 e. The van der Waals surface area contributed by atoms with Gasteiger partial charge in [0, 0.05) is 6.54 Å². The van der Waals surface area contributed by atoms with E-state index in [-0.39, 0.29) is 6.61 Å². The number of hydrogen-bond donors (Lipinski definition) is 4. The van der Waals surface area contributed by atoms with Gasteiger partial charge in [0.15, 0.2) is 0 Å². The molecular formula is C19H33N5O7. The molecule has 176 valence electrons. The van der Waals surface area contributed by atoms with E-state index < -0.39 is 53.6 Å². The van der Waals surface area contributed by atoms with Gasteiger partial charge in [0.2, 0.25) is 11.8 Å². The molecule has 31 heavy (non-hydrogen) atoms. The number of hydrogen-bond acceptors (Lipinski definition) is 7. The molecule has 0 radical (unpaired) electrons. The maximum absolute atomic E-state index is 12.8. The molecule has 0 saturated carbocycles. The molecule has 0 unspecified atom stereocenters. The lowest BCUT2D eigenvalue weighted by Crippen LogP contribution is -2.56. The summed E-state index contributed by atoms with van der Waals surface area (Å²) in [4.78, 5) is 61.9. The number of nitrogens with one attached hydrogen (secondary N) is 4. The maximum Gasteiger partial charge on any atom is 0.426 e. The van der Waals surface area contributed by atoms with Gasteiger partial charge in [0.05, 0.1) is 6.61 Å². The molecule has 1 aliphatic heterocycles. The van der Waals surface area contributed by atoms with Crippen molar-refractivity contribution in [3.8, 4) is 0 Å². The van der Waals surface area contributed by atoms with E-state index >= 15 is 0 Å². The van der Waals surface area contributed by atoms with Crippen molar-refractivity contribution in [3.05, 3.63) is 0 Å². The predicted octanol–water partition coefficient (Wildman–Crippen LogP) is 0.173. The lowest BCUT2D eigenvalue weighted by atomic mass is 10.2. The van der Waals surface area contributed by atoms with E-state index in [0.717, 1.165) is 0 Å². The highest BCUT2D eigenvalue weighted by molar-refractivity contribution is 5.94. The number of carbonyl (C=O) groups excluding carboxylic acids is 5. The predicted molar refractivity (Wildman–Crippen MR) is 109 cm³/mol. The van der Waals surface area contributed by atoms with Gasteiger partial charge in [0.25, 0.3) is 5.91 Å². The number of rotatable bonds is 6. The highest BCUT2D eigenvalue weighted by Crippen LogP contribution is 2.18. The Morgan fingerprint density at radius 2 is 1.65 bits per heavy atom. The van der Waals surface area contributed by atoms with Crippen LogP contribution in [0.2, 0.25) is 0 Å². The van der Waals surface area contributed by atoms with Crippen molar-refractivity contribution >= 4 is 29.9 Å². The third-order valence-electron chi connectivity index (χ3n) is 4.26. The Kier molecular flexibility index (Phi) is 9.53. The van der Waals surface area contributed by atoms with Gasteiger partial charge >= 0.3 is 12.2 Å². The quantitative estimate of drug-likeness (QED) is 0.427. The maximum atomic E-state index is 12.8. The van der Waals surface area contributed by atoms with Crippen molar-refractivity contribution < 1.29 is 33.4 Å². The van der Waals surface area contributed by atoms with Crippen LogP contribution in [0.25, 0.3) is 0 Å². The molecule has 1 aliphatic rings. The molecule has 5 amide bonds. The summed E-state index contributed by atoms with van der Waals surface area (Å²) in [6, 6.07) is -2.65. The second-order valence-electron chi connectivity index (χ2n) is 8.12. The molecule has 0 aromatic carbocycles. The third-order valence-corrected chi connectivity index (χ3v) is 4.26. The summed E-state index contributed by atoms with van der Waals surface area (Å²) < 4.78 is 9.76. The topological polar surface area (TPSA) is 155 Å². The van der Waals surface area contributed by atoms with Crippen molar-refractivity contribution in [2.24, 2.45) is 0 Å². The molecule has 0 spiro atoms. The Balaban J connectivity index is 2.60. The standard InChI is InChI=1S/C19H33N5O7/c1-7-30-18(29)23-22-15(26)13-9-8-10-24(13)16(27)12(3)20-14(25)11(2)21-17(28)31-19(4,5)6/h11-13H,7-10H2,1-6H3,(H,20,25)(H,21,28)(H,22,26)(H,23,29)/t11-,12-,13-/m0/s1. The molecule has 0 aromatic rings. The molecule has 1 fully saturated rings.